The Morgan fingerprint density at radius 3 is 2.39 bits per heavy atom. The minimum absolute atomic E-state index is 0.0739. The van der Waals surface area contributed by atoms with Crippen LogP contribution in [0.2, 0.25) is 0 Å². The van der Waals surface area contributed by atoms with Gasteiger partial charge in [-0.2, -0.15) is 0 Å². The third-order valence-electron chi connectivity index (χ3n) is 4.42. The van der Waals surface area contributed by atoms with Crippen molar-refractivity contribution in [3.05, 3.63) is 24.3 Å². The van der Waals surface area contributed by atoms with Gasteiger partial charge < -0.3 is 19.9 Å². The predicted octanol–water partition coefficient (Wildman–Crippen LogP) is 0.189. The van der Waals surface area contributed by atoms with E-state index in [9.17, 15) is 24.0 Å². The monoisotopic (exact) mass is 388 g/mol. The van der Waals surface area contributed by atoms with Gasteiger partial charge in [0.15, 0.2) is 6.61 Å². The summed E-state index contributed by atoms with van der Waals surface area (Å²) in [6.07, 6.45) is 1.36. The first-order chi connectivity index (χ1) is 13.3. The zero-order valence-corrected chi connectivity index (χ0v) is 15.3. The van der Waals surface area contributed by atoms with Crippen molar-refractivity contribution in [3.8, 4) is 0 Å². The first-order valence-electron chi connectivity index (χ1n) is 8.76. The first-order valence-corrected chi connectivity index (χ1v) is 8.76. The van der Waals surface area contributed by atoms with Crippen molar-refractivity contribution >= 4 is 41.1 Å². The van der Waals surface area contributed by atoms with Crippen LogP contribution in [0.5, 0.6) is 0 Å². The van der Waals surface area contributed by atoms with Gasteiger partial charge in [-0.05, 0) is 30.7 Å². The molecule has 0 radical (unpaired) electrons. The molecule has 1 aromatic carbocycles. The molecule has 2 aliphatic rings. The number of nitrogens with zero attached hydrogens (tertiary/aromatic N) is 3. The quantitative estimate of drug-likeness (QED) is 0.549. The summed E-state index contributed by atoms with van der Waals surface area (Å²) in [6, 6.07) is 6.18. The molecule has 5 amide bonds. The number of nitrogens with one attached hydrogen (secondary N) is 1. The Bertz CT molecular complexity index is 822. The molecule has 1 N–H and O–H groups in total. The van der Waals surface area contributed by atoms with E-state index in [-0.39, 0.29) is 12.5 Å². The van der Waals surface area contributed by atoms with E-state index in [4.69, 9.17) is 4.74 Å². The van der Waals surface area contributed by atoms with Gasteiger partial charge in [-0.15, -0.1) is 0 Å². The minimum Gasteiger partial charge on any atom is -0.454 e. The summed E-state index contributed by atoms with van der Waals surface area (Å²) in [5, 5.41) is 2.57. The standard InChI is InChI=1S/C18H20N4O6/c1-20-9-16(25)22(18(20)27)10-17(26)28-11-14(23)19-12-4-6-13(7-5-12)21-8-2-3-15(21)24/h4-7H,2-3,8-11H2,1H3,(H,19,23). The van der Waals surface area contributed by atoms with Crippen LogP contribution in [0.15, 0.2) is 24.3 Å². The molecule has 28 heavy (non-hydrogen) atoms. The molecule has 0 atom stereocenters. The average Bonchev–Trinajstić information content (AvgIpc) is 3.19. The number of esters is 1. The second kappa shape index (κ2) is 8.07. The minimum atomic E-state index is -0.852. The fourth-order valence-corrected chi connectivity index (χ4v) is 2.99. The number of likely N-dealkylation sites (N-methyl/N-ethyl adjacent to an activating group) is 1. The number of carbonyl (C=O) groups is 5. The van der Waals surface area contributed by atoms with Gasteiger partial charge >= 0.3 is 12.0 Å². The number of hydrogen-bond acceptors (Lipinski definition) is 6. The van der Waals surface area contributed by atoms with E-state index in [0.29, 0.717) is 18.7 Å². The molecule has 3 rings (SSSR count). The van der Waals surface area contributed by atoms with Crippen LogP contribution in [0.1, 0.15) is 12.8 Å². The molecular formula is C18H20N4O6. The largest absolute Gasteiger partial charge is 0.454 e. The molecule has 2 aliphatic heterocycles. The molecule has 2 fully saturated rings. The molecule has 0 spiro atoms. The van der Waals surface area contributed by atoms with Crippen LogP contribution in [0.25, 0.3) is 0 Å². The van der Waals surface area contributed by atoms with Gasteiger partial charge in [-0.1, -0.05) is 0 Å². The highest BCUT2D eigenvalue weighted by molar-refractivity contribution is 6.04. The number of carbonyl (C=O) groups excluding carboxylic acids is 5. The molecule has 10 nitrogen and oxygen atoms in total. The summed E-state index contributed by atoms with van der Waals surface area (Å²) in [6.45, 7) is -0.491. The van der Waals surface area contributed by atoms with Crippen LogP contribution in [0.4, 0.5) is 16.2 Å². The number of imide groups is 1. The lowest BCUT2D eigenvalue weighted by atomic mass is 10.2. The van der Waals surface area contributed by atoms with Gasteiger partial charge in [0.2, 0.25) is 5.91 Å². The van der Waals surface area contributed by atoms with Crippen molar-refractivity contribution in [1.82, 2.24) is 9.80 Å². The van der Waals surface area contributed by atoms with Crippen LogP contribution >= 0.6 is 0 Å². The summed E-state index contributed by atoms with van der Waals surface area (Å²) < 4.78 is 4.82. The lowest BCUT2D eigenvalue weighted by Gasteiger charge is -2.16. The smallest absolute Gasteiger partial charge is 0.327 e. The zero-order chi connectivity index (χ0) is 20.3. The number of amides is 5. The van der Waals surface area contributed by atoms with Gasteiger partial charge in [0.05, 0.1) is 0 Å². The lowest BCUT2D eigenvalue weighted by molar-refractivity contribution is -0.149. The van der Waals surface area contributed by atoms with E-state index in [1.54, 1.807) is 29.2 Å². The predicted molar refractivity (Wildman–Crippen MR) is 97.4 cm³/mol. The summed E-state index contributed by atoms with van der Waals surface area (Å²) in [5.74, 6) is -1.83. The Morgan fingerprint density at radius 1 is 1.11 bits per heavy atom. The van der Waals surface area contributed by atoms with Gasteiger partial charge in [-0.3, -0.25) is 24.1 Å². The van der Waals surface area contributed by atoms with Crippen molar-refractivity contribution in [2.24, 2.45) is 0 Å². The van der Waals surface area contributed by atoms with E-state index in [2.05, 4.69) is 5.32 Å². The summed E-state index contributed by atoms with van der Waals surface area (Å²) in [7, 11) is 1.45. The van der Waals surface area contributed by atoms with Crippen LogP contribution in [-0.4, -0.2) is 72.8 Å². The van der Waals surface area contributed by atoms with Crippen LogP contribution in [-0.2, 0) is 23.9 Å². The normalized spacial score (nSPS) is 16.8. The second-order valence-corrected chi connectivity index (χ2v) is 6.52. The van der Waals surface area contributed by atoms with Crippen LogP contribution in [0, 0.1) is 0 Å². The molecule has 0 unspecified atom stereocenters. The van der Waals surface area contributed by atoms with E-state index in [1.165, 1.54) is 11.9 Å². The van der Waals surface area contributed by atoms with Crippen LogP contribution in [0.3, 0.4) is 0 Å². The van der Waals surface area contributed by atoms with Crippen molar-refractivity contribution in [2.75, 3.05) is 43.5 Å². The third-order valence-corrected chi connectivity index (χ3v) is 4.42. The fourth-order valence-electron chi connectivity index (χ4n) is 2.99. The Morgan fingerprint density at radius 2 is 1.82 bits per heavy atom. The van der Waals surface area contributed by atoms with E-state index in [0.717, 1.165) is 17.0 Å². The molecule has 2 saturated heterocycles. The summed E-state index contributed by atoms with van der Waals surface area (Å²) in [4.78, 5) is 62.4. The molecule has 148 valence electrons. The summed E-state index contributed by atoms with van der Waals surface area (Å²) >= 11 is 0. The van der Waals surface area contributed by atoms with Gasteiger partial charge in [0, 0.05) is 31.4 Å². The topological polar surface area (TPSA) is 116 Å². The Kier molecular flexibility index (Phi) is 5.57. The number of anilines is 2. The average molecular weight is 388 g/mol. The summed E-state index contributed by atoms with van der Waals surface area (Å²) in [5.41, 5.74) is 1.25. The molecule has 0 saturated carbocycles. The molecule has 2 heterocycles. The van der Waals surface area contributed by atoms with Crippen molar-refractivity contribution in [3.63, 3.8) is 0 Å². The highest BCUT2D eigenvalue weighted by Gasteiger charge is 2.35. The third kappa shape index (κ3) is 4.27. The molecule has 0 aliphatic carbocycles. The Hall–Kier alpha value is -3.43. The van der Waals surface area contributed by atoms with Crippen molar-refractivity contribution < 1.29 is 28.7 Å². The maximum absolute atomic E-state index is 11.9. The van der Waals surface area contributed by atoms with Gasteiger partial charge in [-0.25, -0.2) is 4.79 Å². The van der Waals surface area contributed by atoms with Crippen molar-refractivity contribution in [2.45, 2.75) is 12.8 Å². The highest BCUT2D eigenvalue weighted by atomic mass is 16.5. The maximum Gasteiger partial charge on any atom is 0.327 e. The van der Waals surface area contributed by atoms with E-state index < -0.39 is 37.0 Å². The molecule has 0 bridgehead atoms. The molecule has 0 aromatic heterocycles. The Balaban J connectivity index is 1.45. The maximum atomic E-state index is 11.9. The number of urea groups is 1. The number of rotatable bonds is 6. The zero-order valence-electron chi connectivity index (χ0n) is 15.3. The molecule has 10 heteroatoms. The van der Waals surface area contributed by atoms with Crippen LogP contribution < -0.4 is 10.2 Å². The number of benzene rings is 1. The second-order valence-electron chi connectivity index (χ2n) is 6.52. The number of ether oxygens (including phenoxy) is 1. The van der Waals surface area contributed by atoms with Gasteiger partial charge in [0.25, 0.3) is 11.8 Å². The fraction of sp³-hybridized carbons (Fsp3) is 0.389. The molecule has 1 aromatic rings. The Labute approximate surface area is 161 Å². The lowest BCUT2D eigenvalue weighted by Crippen LogP contribution is -2.37. The first kappa shape index (κ1) is 19.3. The molecular weight excluding hydrogens is 368 g/mol. The number of hydrogen-bond donors (Lipinski definition) is 1. The van der Waals surface area contributed by atoms with Gasteiger partial charge in [0.1, 0.15) is 13.1 Å². The van der Waals surface area contributed by atoms with Crippen molar-refractivity contribution in [1.29, 1.82) is 0 Å². The SMILES string of the molecule is CN1CC(=O)N(CC(=O)OCC(=O)Nc2ccc(N3CCCC3=O)cc2)C1=O. The van der Waals surface area contributed by atoms with E-state index in [1.807, 2.05) is 0 Å². The highest BCUT2D eigenvalue weighted by Crippen LogP contribution is 2.23. The van der Waals surface area contributed by atoms with E-state index >= 15 is 0 Å².